The molecule has 1 aromatic rings. The van der Waals surface area contributed by atoms with E-state index in [1.165, 1.54) is 19.5 Å². The van der Waals surface area contributed by atoms with Crippen molar-refractivity contribution in [2.24, 2.45) is 10.9 Å². The van der Waals surface area contributed by atoms with Crippen molar-refractivity contribution in [1.29, 1.82) is 0 Å². The van der Waals surface area contributed by atoms with Gasteiger partial charge in [0.05, 0.1) is 0 Å². The molecule has 1 atom stereocenters. The first-order valence-electron chi connectivity index (χ1n) is 8.15. The Morgan fingerprint density at radius 1 is 1.33 bits per heavy atom. The molecule has 0 bridgehead atoms. The predicted molar refractivity (Wildman–Crippen MR) is 115 cm³/mol. The van der Waals surface area contributed by atoms with Crippen molar-refractivity contribution < 1.29 is 0 Å². The lowest BCUT2D eigenvalue weighted by atomic mass is 10.1. The van der Waals surface area contributed by atoms with E-state index < -0.39 is 0 Å². The molecule has 1 heterocycles. The first-order valence-corrected chi connectivity index (χ1v) is 8.91. The third kappa shape index (κ3) is 7.33. The van der Waals surface area contributed by atoms with Gasteiger partial charge in [0.25, 0.3) is 0 Å². The standard InChI is InChI=1S/C17H26Cl2N4.HI/c1-20-17(22-11-13-7-9-23(2)12-13)21-8-3-4-14-5-6-15(18)10-16(14)19;/h5-6,10,13H,3-4,7-9,11-12H2,1-2H3,(H2,20,21,22);1H. The molecule has 2 rings (SSSR count). The number of benzene rings is 1. The maximum atomic E-state index is 6.19. The third-order valence-corrected chi connectivity index (χ3v) is 4.79. The van der Waals surface area contributed by atoms with E-state index in [1.807, 2.05) is 19.2 Å². The molecule has 1 aliphatic heterocycles. The number of nitrogens with one attached hydrogen (secondary N) is 2. The van der Waals surface area contributed by atoms with E-state index in [0.717, 1.165) is 42.5 Å². The lowest BCUT2D eigenvalue weighted by Gasteiger charge is -2.15. The summed E-state index contributed by atoms with van der Waals surface area (Å²) in [5.74, 6) is 1.59. The number of likely N-dealkylation sites (tertiary alicyclic amines) is 1. The van der Waals surface area contributed by atoms with E-state index >= 15 is 0 Å². The molecule has 0 radical (unpaired) electrons. The van der Waals surface area contributed by atoms with Gasteiger partial charge < -0.3 is 15.5 Å². The fourth-order valence-electron chi connectivity index (χ4n) is 2.86. The molecule has 1 aliphatic rings. The average molecular weight is 485 g/mol. The SMILES string of the molecule is CN=C(NCCCc1ccc(Cl)cc1Cl)NCC1CCN(C)C1.I. The van der Waals surface area contributed by atoms with Crippen LogP contribution >= 0.6 is 47.2 Å². The smallest absolute Gasteiger partial charge is 0.190 e. The van der Waals surface area contributed by atoms with E-state index in [0.29, 0.717) is 10.9 Å². The molecule has 4 nitrogen and oxygen atoms in total. The van der Waals surface area contributed by atoms with Crippen molar-refractivity contribution in [3.05, 3.63) is 33.8 Å². The summed E-state index contributed by atoms with van der Waals surface area (Å²) in [6.45, 7) is 4.20. The largest absolute Gasteiger partial charge is 0.356 e. The van der Waals surface area contributed by atoms with Gasteiger partial charge in [-0.1, -0.05) is 29.3 Å². The summed E-state index contributed by atoms with van der Waals surface area (Å²) in [6.07, 6.45) is 3.18. The molecule has 24 heavy (non-hydrogen) atoms. The second-order valence-electron chi connectivity index (χ2n) is 6.14. The predicted octanol–water partition coefficient (Wildman–Crippen LogP) is 3.66. The first kappa shape index (κ1) is 21.8. The van der Waals surface area contributed by atoms with Gasteiger partial charge in [0, 0.05) is 36.7 Å². The minimum absolute atomic E-state index is 0. The lowest BCUT2D eigenvalue weighted by molar-refractivity contribution is 0.394. The Morgan fingerprint density at radius 2 is 2.12 bits per heavy atom. The molecule has 1 unspecified atom stereocenters. The molecule has 136 valence electrons. The van der Waals surface area contributed by atoms with Gasteiger partial charge in [-0.05, 0) is 56.5 Å². The van der Waals surface area contributed by atoms with Gasteiger partial charge in [0.15, 0.2) is 5.96 Å². The molecule has 1 aromatic carbocycles. The Hall–Kier alpha value is -0.240. The van der Waals surface area contributed by atoms with E-state index in [4.69, 9.17) is 23.2 Å². The van der Waals surface area contributed by atoms with Crippen molar-refractivity contribution in [2.45, 2.75) is 19.3 Å². The normalized spacial score (nSPS) is 18.3. The summed E-state index contributed by atoms with van der Waals surface area (Å²) >= 11 is 12.1. The molecule has 0 spiro atoms. The van der Waals surface area contributed by atoms with Crippen LogP contribution in [0.15, 0.2) is 23.2 Å². The zero-order valence-electron chi connectivity index (χ0n) is 14.3. The van der Waals surface area contributed by atoms with E-state index in [1.54, 1.807) is 6.07 Å². The summed E-state index contributed by atoms with van der Waals surface area (Å²) in [5.41, 5.74) is 1.13. The van der Waals surface area contributed by atoms with Crippen LogP contribution in [-0.4, -0.2) is 51.1 Å². The summed E-state index contributed by atoms with van der Waals surface area (Å²) in [6, 6.07) is 5.68. The van der Waals surface area contributed by atoms with Gasteiger partial charge in [-0.2, -0.15) is 0 Å². The highest BCUT2D eigenvalue weighted by atomic mass is 127. The van der Waals surface area contributed by atoms with Crippen molar-refractivity contribution in [1.82, 2.24) is 15.5 Å². The zero-order valence-corrected chi connectivity index (χ0v) is 18.2. The Bertz CT molecular complexity index is 539. The van der Waals surface area contributed by atoms with Crippen LogP contribution in [0.25, 0.3) is 0 Å². The van der Waals surface area contributed by atoms with Crippen LogP contribution in [-0.2, 0) is 6.42 Å². The van der Waals surface area contributed by atoms with Crippen molar-refractivity contribution in [2.75, 3.05) is 40.3 Å². The molecule has 7 heteroatoms. The highest BCUT2D eigenvalue weighted by Crippen LogP contribution is 2.21. The fourth-order valence-corrected chi connectivity index (χ4v) is 3.37. The maximum absolute atomic E-state index is 6.19. The van der Waals surface area contributed by atoms with Crippen molar-refractivity contribution in [3.8, 4) is 0 Å². The monoisotopic (exact) mass is 484 g/mol. The van der Waals surface area contributed by atoms with Crippen LogP contribution in [0.4, 0.5) is 0 Å². The zero-order chi connectivity index (χ0) is 16.7. The van der Waals surface area contributed by atoms with Crippen LogP contribution in [0.2, 0.25) is 10.0 Å². The third-order valence-electron chi connectivity index (χ3n) is 4.20. The van der Waals surface area contributed by atoms with Gasteiger partial charge in [0.1, 0.15) is 0 Å². The Kier molecular flexibility index (Phi) is 10.3. The number of nitrogens with zero attached hydrogens (tertiary/aromatic N) is 2. The Balaban J connectivity index is 0.00000288. The van der Waals surface area contributed by atoms with Gasteiger partial charge in [0.2, 0.25) is 0 Å². The van der Waals surface area contributed by atoms with E-state index in [-0.39, 0.29) is 24.0 Å². The minimum Gasteiger partial charge on any atom is -0.356 e. The summed E-state index contributed by atoms with van der Waals surface area (Å²) in [7, 11) is 3.99. The number of rotatable bonds is 6. The van der Waals surface area contributed by atoms with Crippen LogP contribution in [0, 0.1) is 5.92 Å². The highest BCUT2D eigenvalue weighted by Gasteiger charge is 2.19. The molecule has 1 saturated heterocycles. The van der Waals surface area contributed by atoms with Crippen molar-refractivity contribution >= 4 is 53.1 Å². The summed E-state index contributed by atoms with van der Waals surface area (Å²) < 4.78 is 0. The maximum Gasteiger partial charge on any atom is 0.190 e. The van der Waals surface area contributed by atoms with Crippen LogP contribution in [0.1, 0.15) is 18.4 Å². The molecule has 0 saturated carbocycles. The molecule has 0 amide bonds. The minimum atomic E-state index is 0. The number of aliphatic imine (C=N–C) groups is 1. The first-order chi connectivity index (χ1) is 11.1. The summed E-state index contributed by atoms with van der Waals surface area (Å²) in [5, 5.41) is 8.20. The fraction of sp³-hybridized carbons (Fsp3) is 0.588. The summed E-state index contributed by atoms with van der Waals surface area (Å²) in [4.78, 5) is 6.65. The topological polar surface area (TPSA) is 39.7 Å². The second-order valence-corrected chi connectivity index (χ2v) is 6.98. The van der Waals surface area contributed by atoms with Gasteiger partial charge in [-0.25, -0.2) is 0 Å². The number of guanidine groups is 1. The molecule has 1 fully saturated rings. The average Bonchev–Trinajstić information content (AvgIpc) is 2.94. The van der Waals surface area contributed by atoms with E-state index in [9.17, 15) is 0 Å². The van der Waals surface area contributed by atoms with Gasteiger partial charge >= 0.3 is 0 Å². The number of halogens is 3. The Morgan fingerprint density at radius 3 is 2.75 bits per heavy atom. The quantitative estimate of drug-likeness (QED) is 0.280. The van der Waals surface area contributed by atoms with Crippen molar-refractivity contribution in [3.63, 3.8) is 0 Å². The number of hydrogen-bond donors (Lipinski definition) is 2. The molecular weight excluding hydrogens is 458 g/mol. The Labute approximate surface area is 172 Å². The van der Waals surface area contributed by atoms with Crippen LogP contribution in [0.5, 0.6) is 0 Å². The second kappa shape index (κ2) is 11.4. The number of aryl methyl sites for hydroxylation is 1. The molecule has 0 aliphatic carbocycles. The molecule has 2 N–H and O–H groups in total. The van der Waals surface area contributed by atoms with Gasteiger partial charge in [-0.15, -0.1) is 24.0 Å². The molecule has 0 aromatic heterocycles. The molecular formula is C17H27Cl2IN4. The lowest BCUT2D eigenvalue weighted by Crippen LogP contribution is -2.40. The van der Waals surface area contributed by atoms with Gasteiger partial charge in [-0.3, -0.25) is 4.99 Å². The van der Waals surface area contributed by atoms with E-state index in [2.05, 4.69) is 27.6 Å². The van der Waals surface area contributed by atoms with Crippen LogP contribution in [0.3, 0.4) is 0 Å². The number of hydrogen-bond acceptors (Lipinski definition) is 2. The van der Waals surface area contributed by atoms with Crippen LogP contribution < -0.4 is 10.6 Å². The highest BCUT2D eigenvalue weighted by molar-refractivity contribution is 14.0.